The van der Waals surface area contributed by atoms with Crippen molar-refractivity contribution in [3.05, 3.63) is 38.0 Å². The first-order chi connectivity index (χ1) is 7.82. The van der Waals surface area contributed by atoms with Gasteiger partial charge in [-0.25, -0.2) is 4.79 Å². The van der Waals surface area contributed by atoms with Crippen LogP contribution in [0.4, 0.5) is 4.39 Å². The van der Waals surface area contributed by atoms with Gasteiger partial charge in [0.2, 0.25) is 5.83 Å². The van der Waals surface area contributed by atoms with Crippen LogP contribution in [0.3, 0.4) is 0 Å². The van der Waals surface area contributed by atoms with Gasteiger partial charge < -0.3 is 5.11 Å². The first-order valence-electron chi connectivity index (χ1n) is 4.20. The van der Waals surface area contributed by atoms with Crippen LogP contribution in [0.1, 0.15) is 14.9 Å². The van der Waals surface area contributed by atoms with Gasteiger partial charge in [-0.1, -0.05) is 63.7 Å². The molecule has 92 valence electrons. The molecular weight excluding hydrogens is 491 g/mol. The van der Waals surface area contributed by atoms with Crippen molar-refractivity contribution in [2.45, 2.75) is 3.74 Å². The Morgan fingerprint density at radius 3 is 2.12 bits per heavy atom. The Bertz CT molecular complexity index is 462. The van der Waals surface area contributed by atoms with Crippen LogP contribution >= 0.6 is 63.7 Å². The molecule has 0 saturated carbocycles. The fourth-order valence-electron chi connectivity index (χ4n) is 1.06. The summed E-state index contributed by atoms with van der Waals surface area (Å²) in [4.78, 5) is 10.4. The van der Waals surface area contributed by atoms with Gasteiger partial charge >= 0.3 is 5.97 Å². The van der Waals surface area contributed by atoms with E-state index in [2.05, 4.69) is 63.7 Å². The normalized spacial score (nSPS) is 12.0. The molecule has 0 fully saturated rings. The van der Waals surface area contributed by atoms with E-state index in [0.29, 0.717) is 14.5 Å². The summed E-state index contributed by atoms with van der Waals surface area (Å²) in [6.45, 7) is 0. The first kappa shape index (κ1) is 15.3. The molecule has 0 radical (unpaired) electrons. The zero-order valence-electron chi connectivity index (χ0n) is 8.05. The SMILES string of the molecule is O=C(O)C(F)=Cc1c(Br)cc(C(Br)Br)cc1Br. The number of alkyl halides is 2. The fourth-order valence-corrected chi connectivity index (χ4v) is 3.04. The van der Waals surface area contributed by atoms with Gasteiger partial charge in [-0.3, -0.25) is 0 Å². The molecule has 7 heteroatoms. The monoisotopic (exact) mass is 492 g/mol. The lowest BCUT2D eigenvalue weighted by molar-refractivity contribution is -0.134. The van der Waals surface area contributed by atoms with Crippen LogP contribution in [-0.4, -0.2) is 11.1 Å². The topological polar surface area (TPSA) is 37.3 Å². The molecule has 0 aromatic heterocycles. The zero-order valence-corrected chi connectivity index (χ0v) is 14.4. The summed E-state index contributed by atoms with van der Waals surface area (Å²) >= 11 is 13.2. The van der Waals surface area contributed by atoms with Crippen LogP contribution in [0.25, 0.3) is 6.08 Å². The Labute approximate surface area is 131 Å². The van der Waals surface area contributed by atoms with Crippen molar-refractivity contribution >= 4 is 75.8 Å². The van der Waals surface area contributed by atoms with E-state index >= 15 is 0 Å². The van der Waals surface area contributed by atoms with Crippen molar-refractivity contribution in [2.75, 3.05) is 0 Å². The van der Waals surface area contributed by atoms with Crippen molar-refractivity contribution in [2.24, 2.45) is 0 Å². The van der Waals surface area contributed by atoms with Gasteiger partial charge in [0.25, 0.3) is 0 Å². The molecule has 0 spiro atoms. The molecule has 0 bridgehead atoms. The number of carbonyl (C=O) groups is 1. The minimum Gasteiger partial charge on any atom is -0.476 e. The highest BCUT2D eigenvalue weighted by Crippen LogP contribution is 2.36. The van der Waals surface area contributed by atoms with E-state index in [0.717, 1.165) is 11.6 Å². The third-order valence-electron chi connectivity index (χ3n) is 1.83. The lowest BCUT2D eigenvalue weighted by atomic mass is 10.1. The lowest BCUT2D eigenvalue weighted by Crippen LogP contribution is -1.95. The molecule has 0 aliphatic heterocycles. The minimum absolute atomic E-state index is 0.0371. The number of carboxylic acids is 1. The summed E-state index contributed by atoms with van der Waals surface area (Å²) in [7, 11) is 0. The number of rotatable bonds is 3. The zero-order chi connectivity index (χ0) is 13.2. The van der Waals surface area contributed by atoms with E-state index in [1.165, 1.54) is 0 Å². The van der Waals surface area contributed by atoms with E-state index in [1.807, 2.05) is 0 Å². The molecular formula is C10H5Br4FO2. The molecule has 17 heavy (non-hydrogen) atoms. The molecule has 1 rings (SSSR count). The third-order valence-corrected chi connectivity index (χ3v) is 4.20. The standard InChI is InChI=1S/C10H5Br4FO2/c11-6-1-4(9(13)14)2-7(12)5(6)3-8(15)10(16)17/h1-3,9H,(H,16,17). The molecule has 1 aromatic carbocycles. The van der Waals surface area contributed by atoms with Crippen molar-refractivity contribution in [3.63, 3.8) is 0 Å². The number of hydrogen-bond acceptors (Lipinski definition) is 1. The quantitative estimate of drug-likeness (QED) is 0.451. The maximum absolute atomic E-state index is 13.0. The second kappa shape index (κ2) is 6.45. The summed E-state index contributed by atoms with van der Waals surface area (Å²) in [5, 5.41) is 8.48. The predicted octanol–water partition coefficient (Wildman–Crippen LogP) is 5.40. The van der Waals surface area contributed by atoms with Crippen LogP contribution < -0.4 is 0 Å². The Morgan fingerprint density at radius 2 is 1.76 bits per heavy atom. The van der Waals surface area contributed by atoms with Crippen LogP contribution in [0.2, 0.25) is 0 Å². The Morgan fingerprint density at radius 1 is 1.29 bits per heavy atom. The van der Waals surface area contributed by atoms with Crippen LogP contribution in [0, 0.1) is 0 Å². The molecule has 0 unspecified atom stereocenters. The van der Waals surface area contributed by atoms with Crippen molar-refractivity contribution in [1.82, 2.24) is 0 Å². The van der Waals surface area contributed by atoms with Crippen LogP contribution in [-0.2, 0) is 4.79 Å². The van der Waals surface area contributed by atoms with Gasteiger partial charge in [-0.2, -0.15) is 4.39 Å². The lowest BCUT2D eigenvalue weighted by Gasteiger charge is -2.08. The van der Waals surface area contributed by atoms with Crippen molar-refractivity contribution < 1.29 is 14.3 Å². The maximum Gasteiger partial charge on any atom is 0.364 e. The Hall–Kier alpha value is 0.280. The molecule has 0 heterocycles. The van der Waals surface area contributed by atoms with E-state index in [1.54, 1.807) is 12.1 Å². The average molecular weight is 496 g/mol. The predicted molar refractivity (Wildman–Crippen MR) is 79.2 cm³/mol. The van der Waals surface area contributed by atoms with Crippen LogP contribution in [0.15, 0.2) is 26.9 Å². The van der Waals surface area contributed by atoms with Gasteiger partial charge in [-0.05, 0) is 23.8 Å². The summed E-state index contributed by atoms with van der Waals surface area (Å²) in [6.07, 6.45) is 0.956. The number of benzene rings is 1. The third kappa shape index (κ3) is 4.15. The van der Waals surface area contributed by atoms with Gasteiger partial charge in [0.05, 0.1) is 3.74 Å². The smallest absolute Gasteiger partial charge is 0.364 e. The van der Waals surface area contributed by atoms with Gasteiger partial charge in [0, 0.05) is 14.5 Å². The molecule has 1 N–H and O–H groups in total. The number of carboxylic acid groups (broad SMARTS) is 1. The molecule has 1 aromatic rings. The summed E-state index contributed by atoms with van der Waals surface area (Å²) < 4.78 is 14.2. The summed E-state index contributed by atoms with van der Waals surface area (Å²) in [6, 6.07) is 3.53. The largest absolute Gasteiger partial charge is 0.476 e. The van der Waals surface area contributed by atoms with Crippen molar-refractivity contribution in [1.29, 1.82) is 0 Å². The molecule has 0 atom stereocenters. The highest BCUT2D eigenvalue weighted by Gasteiger charge is 2.12. The molecule has 0 saturated heterocycles. The van der Waals surface area contributed by atoms with Crippen molar-refractivity contribution in [3.8, 4) is 0 Å². The Kier molecular flexibility index (Phi) is 5.82. The maximum atomic E-state index is 13.0. The molecule has 0 amide bonds. The fraction of sp³-hybridized carbons (Fsp3) is 0.100. The minimum atomic E-state index is -1.59. The van der Waals surface area contributed by atoms with E-state index in [9.17, 15) is 9.18 Å². The molecule has 0 aliphatic rings. The number of hydrogen-bond donors (Lipinski definition) is 1. The highest BCUT2D eigenvalue weighted by atomic mass is 79.9. The summed E-state index contributed by atoms with van der Waals surface area (Å²) in [5.41, 5.74) is 1.35. The molecule has 0 aliphatic carbocycles. The average Bonchev–Trinajstić information content (AvgIpc) is 2.22. The van der Waals surface area contributed by atoms with Crippen LogP contribution in [0.5, 0.6) is 0 Å². The number of halogens is 5. The summed E-state index contributed by atoms with van der Waals surface area (Å²) in [5.74, 6) is -2.81. The second-order valence-electron chi connectivity index (χ2n) is 3.00. The van der Waals surface area contributed by atoms with E-state index in [-0.39, 0.29) is 3.74 Å². The first-order valence-corrected chi connectivity index (χ1v) is 7.62. The number of aliphatic carboxylic acids is 1. The Balaban J connectivity index is 3.28. The second-order valence-corrected chi connectivity index (χ2v) is 7.77. The van der Waals surface area contributed by atoms with Gasteiger partial charge in [0.15, 0.2) is 0 Å². The van der Waals surface area contributed by atoms with E-state index < -0.39 is 11.8 Å². The van der Waals surface area contributed by atoms with E-state index in [4.69, 9.17) is 5.11 Å². The molecule has 2 nitrogen and oxygen atoms in total. The van der Waals surface area contributed by atoms with Gasteiger partial charge in [-0.15, -0.1) is 0 Å². The van der Waals surface area contributed by atoms with Gasteiger partial charge in [0.1, 0.15) is 0 Å². The highest BCUT2D eigenvalue weighted by molar-refractivity contribution is 9.24.